The van der Waals surface area contributed by atoms with Crippen molar-refractivity contribution in [3.8, 4) is 11.5 Å². The average Bonchev–Trinajstić information content (AvgIpc) is 3.47. The molecule has 0 aliphatic carbocycles. The van der Waals surface area contributed by atoms with Gasteiger partial charge in [0, 0.05) is 43.5 Å². The number of carbonyl (C=O) groups excluding carboxylic acids is 1. The number of likely N-dealkylation sites (tertiary alicyclic amines) is 1. The monoisotopic (exact) mass is 373 g/mol. The molecule has 0 spiro atoms. The van der Waals surface area contributed by atoms with E-state index in [1.165, 1.54) is 0 Å². The number of nitrogens with zero attached hydrogens (tertiary/aromatic N) is 5. The van der Waals surface area contributed by atoms with Crippen LogP contribution < -0.4 is 0 Å². The summed E-state index contributed by atoms with van der Waals surface area (Å²) in [5.74, 6) is 1.26. The van der Waals surface area contributed by atoms with Crippen molar-refractivity contribution in [3.63, 3.8) is 0 Å². The zero-order valence-electron chi connectivity index (χ0n) is 15.4. The maximum Gasteiger partial charge on any atom is 0.253 e. The molecule has 1 aliphatic rings. The quantitative estimate of drug-likeness (QED) is 0.551. The van der Waals surface area contributed by atoms with Crippen LogP contribution in [0.25, 0.3) is 22.4 Å². The van der Waals surface area contributed by atoms with E-state index in [0.29, 0.717) is 30.4 Å². The highest BCUT2D eigenvalue weighted by atomic mass is 16.5. The third-order valence-corrected chi connectivity index (χ3v) is 5.29. The Morgan fingerprint density at radius 3 is 3.00 bits per heavy atom. The molecule has 28 heavy (non-hydrogen) atoms. The minimum atomic E-state index is 0.0235. The van der Waals surface area contributed by atoms with Crippen molar-refractivity contribution in [2.45, 2.75) is 12.3 Å². The Labute approximate surface area is 161 Å². The Kier molecular flexibility index (Phi) is 3.93. The molecule has 7 nitrogen and oxygen atoms in total. The fraction of sp³-hybridized carbons (Fsp3) is 0.238. The van der Waals surface area contributed by atoms with Gasteiger partial charge in [-0.25, -0.2) is 0 Å². The molecule has 0 saturated carbocycles. The van der Waals surface area contributed by atoms with E-state index in [1.807, 2.05) is 65.2 Å². The van der Waals surface area contributed by atoms with Crippen molar-refractivity contribution in [1.82, 2.24) is 24.6 Å². The Morgan fingerprint density at radius 2 is 2.14 bits per heavy atom. The Morgan fingerprint density at radius 1 is 1.21 bits per heavy atom. The van der Waals surface area contributed by atoms with Crippen LogP contribution in [0.15, 0.2) is 59.4 Å². The van der Waals surface area contributed by atoms with Gasteiger partial charge in [0.05, 0.1) is 17.1 Å². The first kappa shape index (κ1) is 16.7. The number of carbonyl (C=O) groups is 1. The van der Waals surface area contributed by atoms with Crippen molar-refractivity contribution < 1.29 is 9.32 Å². The van der Waals surface area contributed by atoms with E-state index in [1.54, 1.807) is 6.20 Å². The lowest BCUT2D eigenvalue weighted by Crippen LogP contribution is -2.28. The predicted molar refractivity (Wildman–Crippen MR) is 104 cm³/mol. The fourth-order valence-electron chi connectivity index (χ4n) is 3.74. The summed E-state index contributed by atoms with van der Waals surface area (Å²) in [7, 11) is 1.94. The maximum atomic E-state index is 12.9. The van der Waals surface area contributed by atoms with Gasteiger partial charge in [-0.05, 0) is 42.8 Å². The number of benzene rings is 1. The zero-order valence-corrected chi connectivity index (χ0v) is 15.4. The summed E-state index contributed by atoms with van der Waals surface area (Å²) >= 11 is 0. The number of aryl methyl sites for hydroxylation is 1. The lowest BCUT2D eigenvalue weighted by molar-refractivity contribution is 0.0789. The van der Waals surface area contributed by atoms with Crippen LogP contribution in [-0.4, -0.2) is 43.6 Å². The molecule has 1 saturated heterocycles. The molecule has 5 rings (SSSR count). The molecule has 1 fully saturated rings. The summed E-state index contributed by atoms with van der Waals surface area (Å²) in [5.41, 5.74) is 2.47. The number of hydrogen-bond donors (Lipinski definition) is 0. The third kappa shape index (κ3) is 2.85. The Hall–Kier alpha value is -3.48. The molecule has 4 heterocycles. The van der Waals surface area contributed by atoms with Gasteiger partial charge in [-0.15, -0.1) is 0 Å². The smallest absolute Gasteiger partial charge is 0.253 e. The summed E-state index contributed by atoms with van der Waals surface area (Å²) in [5, 5.41) is 5.07. The molecule has 4 aromatic rings. The molecule has 1 aliphatic heterocycles. The van der Waals surface area contributed by atoms with E-state index < -0.39 is 0 Å². The summed E-state index contributed by atoms with van der Waals surface area (Å²) in [6.07, 6.45) is 4.51. The van der Waals surface area contributed by atoms with E-state index >= 15 is 0 Å². The van der Waals surface area contributed by atoms with E-state index in [2.05, 4.69) is 15.1 Å². The molecule has 0 unspecified atom stereocenters. The van der Waals surface area contributed by atoms with Crippen LogP contribution in [-0.2, 0) is 7.05 Å². The van der Waals surface area contributed by atoms with Crippen molar-refractivity contribution in [2.24, 2.45) is 7.05 Å². The summed E-state index contributed by atoms with van der Waals surface area (Å²) in [6, 6.07) is 13.4. The van der Waals surface area contributed by atoms with Crippen molar-refractivity contribution >= 4 is 16.8 Å². The molecule has 3 aromatic heterocycles. The van der Waals surface area contributed by atoms with Crippen LogP contribution in [0.4, 0.5) is 0 Å². The van der Waals surface area contributed by atoms with E-state index in [4.69, 9.17) is 4.52 Å². The minimum Gasteiger partial charge on any atom is -0.348 e. The van der Waals surface area contributed by atoms with Gasteiger partial charge >= 0.3 is 0 Å². The number of aromatic nitrogens is 4. The minimum absolute atomic E-state index is 0.0235. The van der Waals surface area contributed by atoms with E-state index in [9.17, 15) is 4.79 Å². The van der Waals surface area contributed by atoms with Crippen molar-refractivity contribution in [2.75, 3.05) is 13.1 Å². The molecule has 0 bridgehead atoms. The van der Waals surface area contributed by atoms with Gasteiger partial charge in [0.25, 0.3) is 5.91 Å². The molecule has 0 N–H and O–H groups in total. The molecule has 0 radical (unpaired) electrons. The largest absolute Gasteiger partial charge is 0.348 e. The normalized spacial score (nSPS) is 16.8. The second-order valence-corrected chi connectivity index (χ2v) is 7.11. The Bertz CT molecular complexity index is 1160. The Balaban J connectivity index is 1.33. The van der Waals surface area contributed by atoms with E-state index in [-0.39, 0.29) is 11.8 Å². The number of hydrogen-bond acceptors (Lipinski definition) is 5. The highest BCUT2D eigenvalue weighted by Gasteiger charge is 2.32. The highest BCUT2D eigenvalue weighted by Crippen LogP contribution is 2.29. The van der Waals surface area contributed by atoms with Gasteiger partial charge in [0.2, 0.25) is 11.7 Å². The first-order valence-electron chi connectivity index (χ1n) is 9.28. The number of rotatable bonds is 3. The van der Waals surface area contributed by atoms with E-state index in [0.717, 1.165) is 23.0 Å². The van der Waals surface area contributed by atoms with Gasteiger partial charge in [-0.1, -0.05) is 11.2 Å². The zero-order chi connectivity index (χ0) is 19.1. The standard InChI is InChI=1S/C21H19N5O2/c1-25-10-3-5-18(25)19-23-20(28-24-19)16-8-11-26(13-16)21(27)15-6-7-17-14(12-15)4-2-9-22-17/h2-7,9-10,12,16H,8,11,13H2,1H3/t16-/m0/s1. The molecular weight excluding hydrogens is 354 g/mol. The number of amides is 1. The number of pyridine rings is 1. The van der Waals surface area contributed by atoms with Gasteiger partial charge in [-0.3, -0.25) is 9.78 Å². The van der Waals surface area contributed by atoms with Gasteiger partial charge in [-0.2, -0.15) is 4.98 Å². The molecule has 7 heteroatoms. The van der Waals surface area contributed by atoms with Crippen LogP contribution in [0.1, 0.15) is 28.6 Å². The molecular formula is C21H19N5O2. The molecule has 1 amide bonds. The fourth-order valence-corrected chi connectivity index (χ4v) is 3.74. The lowest BCUT2D eigenvalue weighted by atomic mass is 10.1. The van der Waals surface area contributed by atoms with Gasteiger partial charge in [0.1, 0.15) is 0 Å². The summed E-state index contributed by atoms with van der Waals surface area (Å²) < 4.78 is 7.45. The second kappa shape index (κ2) is 6.60. The van der Waals surface area contributed by atoms with Crippen LogP contribution in [0.3, 0.4) is 0 Å². The first-order chi connectivity index (χ1) is 13.7. The van der Waals surface area contributed by atoms with Crippen LogP contribution in [0, 0.1) is 0 Å². The molecule has 1 aromatic carbocycles. The second-order valence-electron chi connectivity index (χ2n) is 7.11. The van der Waals surface area contributed by atoms with Crippen molar-refractivity contribution in [1.29, 1.82) is 0 Å². The highest BCUT2D eigenvalue weighted by molar-refractivity contribution is 5.98. The third-order valence-electron chi connectivity index (χ3n) is 5.29. The molecule has 140 valence electrons. The maximum absolute atomic E-state index is 12.9. The molecule has 1 atom stereocenters. The summed E-state index contributed by atoms with van der Waals surface area (Å²) in [6.45, 7) is 1.26. The predicted octanol–water partition coefficient (Wildman–Crippen LogP) is 3.25. The topological polar surface area (TPSA) is 77.0 Å². The number of fused-ring (bicyclic) bond motifs is 1. The average molecular weight is 373 g/mol. The van der Waals surface area contributed by atoms with Crippen molar-refractivity contribution in [3.05, 3.63) is 66.3 Å². The summed E-state index contributed by atoms with van der Waals surface area (Å²) in [4.78, 5) is 23.7. The SMILES string of the molecule is Cn1cccc1-c1noc([C@H]2CCN(C(=O)c3ccc4ncccc4c3)C2)n1. The van der Waals surface area contributed by atoms with Gasteiger partial charge < -0.3 is 14.0 Å². The van der Waals surface area contributed by atoms with Crippen LogP contribution in [0.5, 0.6) is 0 Å². The lowest BCUT2D eigenvalue weighted by Gasteiger charge is -2.16. The van der Waals surface area contributed by atoms with Crippen LogP contribution in [0.2, 0.25) is 0 Å². The van der Waals surface area contributed by atoms with Crippen LogP contribution >= 0.6 is 0 Å². The van der Waals surface area contributed by atoms with Gasteiger partial charge in [0.15, 0.2) is 0 Å². The first-order valence-corrected chi connectivity index (χ1v) is 9.28.